The smallest absolute Gasteiger partial charge is 0.115 e. The summed E-state index contributed by atoms with van der Waals surface area (Å²) in [6.45, 7) is 3.57. The van der Waals surface area contributed by atoms with Gasteiger partial charge in [0.2, 0.25) is 0 Å². The Morgan fingerprint density at radius 3 is 2.53 bits per heavy atom. The molecule has 80 valence electrons. The van der Waals surface area contributed by atoms with Crippen molar-refractivity contribution in [1.29, 1.82) is 0 Å². The summed E-state index contributed by atoms with van der Waals surface area (Å²) in [5, 5.41) is 0. The molecule has 2 saturated heterocycles. The summed E-state index contributed by atoms with van der Waals surface area (Å²) in [6, 6.07) is 0. The molecule has 0 radical (unpaired) electrons. The quantitative estimate of drug-likeness (QED) is 0.752. The number of hydrogen-bond donors (Lipinski definition) is 0. The van der Waals surface area contributed by atoms with Crippen LogP contribution < -0.4 is 0 Å². The maximum absolute atomic E-state index is 4.06. The Kier molecular flexibility index (Phi) is 2.63. The van der Waals surface area contributed by atoms with Crippen LogP contribution in [0.3, 0.4) is 0 Å². The number of thioether (sulfide) groups is 1. The van der Waals surface area contributed by atoms with Crippen molar-refractivity contribution >= 4 is 11.8 Å². The number of likely N-dealkylation sites (tertiary alicyclic amines) is 1. The summed E-state index contributed by atoms with van der Waals surface area (Å²) in [6.07, 6.45) is 5.45. The zero-order valence-electron chi connectivity index (χ0n) is 8.67. The van der Waals surface area contributed by atoms with E-state index in [9.17, 15) is 0 Å². The molecule has 0 aliphatic carbocycles. The maximum atomic E-state index is 4.06. The second-order valence-corrected chi connectivity index (χ2v) is 5.57. The molecule has 0 bridgehead atoms. The number of aromatic nitrogens is 2. The number of hydrogen-bond acceptors (Lipinski definition) is 4. The third-order valence-corrected chi connectivity index (χ3v) is 4.66. The topological polar surface area (TPSA) is 29.0 Å². The van der Waals surface area contributed by atoms with Crippen molar-refractivity contribution < 1.29 is 0 Å². The maximum Gasteiger partial charge on any atom is 0.115 e. The van der Waals surface area contributed by atoms with E-state index in [4.69, 9.17) is 0 Å². The molecule has 2 fully saturated rings. The van der Waals surface area contributed by atoms with Gasteiger partial charge in [-0.15, -0.1) is 0 Å². The molecule has 0 unspecified atom stereocenters. The van der Waals surface area contributed by atoms with Crippen molar-refractivity contribution in [2.24, 2.45) is 11.8 Å². The minimum Gasteiger partial charge on any atom is -0.298 e. The molecule has 3 heterocycles. The minimum atomic E-state index is 0.944. The molecule has 4 heteroatoms. The van der Waals surface area contributed by atoms with Gasteiger partial charge in [0.25, 0.3) is 0 Å². The Morgan fingerprint density at radius 2 is 1.87 bits per heavy atom. The Hall–Kier alpha value is -0.610. The molecule has 1 aromatic heterocycles. The summed E-state index contributed by atoms with van der Waals surface area (Å²) in [4.78, 5) is 10.7. The molecule has 2 atom stereocenters. The molecule has 0 spiro atoms. The molecule has 0 saturated carbocycles. The highest BCUT2D eigenvalue weighted by Gasteiger charge is 2.36. The van der Waals surface area contributed by atoms with Crippen LogP contribution in [0.2, 0.25) is 0 Å². The summed E-state index contributed by atoms with van der Waals surface area (Å²) in [7, 11) is 0. The predicted molar refractivity (Wildman–Crippen MR) is 61.6 cm³/mol. The molecule has 3 nitrogen and oxygen atoms in total. The van der Waals surface area contributed by atoms with Crippen molar-refractivity contribution in [2.75, 3.05) is 24.6 Å². The first-order chi connectivity index (χ1) is 7.42. The van der Waals surface area contributed by atoms with E-state index in [0.717, 1.165) is 18.4 Å². The Bertz CT molecular complexity index is 318. The SMILES string of the molecule is c1ncc(CN2C[C@H]3CSC[C@H]3C2)cn1. The van der Waals surface area contributed by atoms with Crippen LogP contribution in [0.15, 0.2) is 18.7 Å². The van der Waals surface area contributed by atoms with Gasteiger partial charge in [-0.25, -0.2) is 9.97 Å². The van der Waals surface area contributed by atoms with Crippen LogP contribution in [0, 0.1) is 11.8 Å². The zero-order valence-corrected chi connectivity index (χ0v) is 9.49. The van der Waals surface area contributed by atoms with Crippen LogP contribution in [0.5, 0.6) is 0 Å². The monoisotopic (exact) mass is 221 g/mol. The van der Waals surface area contributed by atoms with Crippen LogP contribution in [0.25, 0.3) is 0 Å². The fourth-order valence-corrected chi connectivity index (χ4v) is 4.08. The van der Waals surface area contributed by atoms with Gasteiger partial charge in [-0.1, -0.05) is 0 Å². The lowest BCUT2D eigenvalue weighted by atomic mass is 10.0. The van der Waals surface area contributed by atoms with E-state index in [2.05, 4.69) is 26.6 Å². The van der Waals surface area contributed by atoms with E-state index in [0.29, 0.717) is 0 Å². The van der Waals surface area contributed by atoms with Crippen molar-refractivity contribution in [2.45, 2.75) is 6.54 Å². The van der Waals surface area contributed by atoms with Crippen molar-refractivity contribution in [3.63, 3.8) is 0 Å². The highest BCUT2D eigenvalue weighted by atomic mass is 32.2. The molecule has 3 rings (SSSR count). The molecule has 0 N–H and O–H groups in total. The number of nitrogens with zero attached hydrogens (tertiary/aromatic N) is 3. The molecule has 0 amide bonds. The van der Waals surface area contributed by atoms with E-state index in [1.54, 1.807) is 6.33 Å². The van der Waals surface area contributed by atoms with Crippen LogP contribution in [-0.4, -0.2) is 39.5 Å². The summed E-state index contributed by atoms with van der Waals surface area (Å²) < 4.78 is 0. The van der Waals surface area contributed by atoms with Crippen molar-refractivity contribution in [3.05, 3.63) is 24.3 Å². The van der Waals surface area contributed by atoms with E-state index >= 15 is 0 Å². The zero-order chi connectivity index (χ0) is 10.1. The molecule has 1 aromatic rings. The second-order valence-electron chi connectivity index (χ2n) is 4.50. The minimum absolute atomic E-state index is 0.944. The van der Waals surface area contributed by atoms with E-state index in [1.807, 2.05) is 12.4 Å². The molecular formula is C11H15N3S. The van der Waals surface area contributed by atoms with Gasteiger partial charge in [-0.3, -0.25) is 4.90 Å². The van der Waals surface area contributed by atoms with E-state index in [-0.39, 0.29) is 0 Å². The van der Waals surface area contributed by atoms with E-state index < -0.39 is 0 Å². The van der Waals surface area contributed by atoms with Crippen LogP contribution in [-0.2, 0) is 6.54 Å². The lowest BCUT2D eigenvalue weighted by molar-refractivity contribution is 0.315. The van der Waals surface area contributed by atoms with Crippen LogP contribution in [0.1, 0.15) is 5.56 Å². The summed E-state index contributed by atoms with van der Waals surface area (Å²) in [5.41, 5.74) is 1.24. The van der Waals surface area contributed by atoms with Gasteiger partial charge in [0.05, 0.1) is 0 Å². The lowest BCUT2D eigenvalue weighted by Gasteiger charge is -2.15. The molecule has 2 aliphatic heterocycles. The lowest BCUT2D eigenvalue weighted by Crippen LogP contribution is -2.21. The Labute approximate surface area is 94.3 Å². The van der Waals surface area contributed by atoms with Gasteiger partial charge in [-0.05, 0) is 23.3 Å². The van der Waals surface area contributed by atoms with Gasteiger partial charge in [0.15, 0.2) is 0 Å². The number of rotatable bonds is 2. The van der Waals surface area contributed by atoms with Gasteiger partial charge in [0, 0.05) is 37.6 Å². The highest BCUT2D eigenvalue weighted by molar-refractivity contribution is 7.99. The molecule has 2 aliphatic rings. The highest BCUT2D eigenvalue weighted by Crippen LogP contribution is 2.36. The van der Waals surface area contributed by atoms with Gasteiger partial charge in [0.1, 0.15) is 6.33 Å². The summed E-state index contributed by atoms with van der Waals surface area (Å²) >= 11 is 2.12. The van der Waals surface area contributed by atoms with Gasteiger partial charge < -0.3 is 0 Å². The molecule has 0 aromatic carbocycles. The van der Waals surface area contributed by atoms with Crippen molar-refractivity contribution in [1.82, 2.24) is 14.9 Å². The van der Waals surface area contributed by atoms with Gasteiger partial charge in [-0.2, -0.15) is 11.8 Å². The first-order valence-electron chi connectivity index (χ1n) is 5.46. The van der Waals surface area contributed by atoms with Crippen LogP contribution in [0.4, 0.5) is 0 Å². The third kappa shape index (κ3) is 2.01. The third-order valence-electron chi connectivity index (χ3n) is 3.34. The first kappa shape index (κ1) is 9.60. The number of fused-ring (bicyclic) bond motifs is 1. The average molecular weight is 221 g/mol. The fourth-order valence-electron chi connectivity index (χ4n) is 2.58. The first-order valence-corrected chi connectivity index (χ1v) is 6.61. The Morgan fingerprint density at radius 1 is 1.20 bits per heavy atom. The summed E-state index contributed by atoms with van der Waals surface area (Å²) in [5.74, 6) is 4.62. The average Bonchev–Trinajstić information content (AvgIpc) is 2.79. The molecule has 15 heavy (non-hydrogen) atoms. The second kappa shape index (κ2) is 4.10. The predicted octanol–water partition coefficient (Wildman–Crippen LogP) is 1.27. The molecular weight excluding hydrogens is 206 g/mol. The van der Waals surface area contributed by atoms with E-state index in [1.165, 1.54) is 30.2 Å². The van der Waals surface area contributed by atoms with Crippen LogP contribution >= 0.6 is 11.8 Å². The standard InChI is InChI=1S/C11H15N3S/c1-9(2-13-8-12-1)3-14-4-10-6-15-7-11(10)5-14/h1-2,8,10-11H,3-7H2/t10-,11+. The largest absolute Gasteiger partial charge is 0.298 e. The fraction of sp³-hybridized carbons (Fsp3) is 0.636. The van der Waals surface area contributed by atoms with Crippen molar-refractivity contribution in [3.8, 4) is 0 Å². The normalized spacial score (nSPS) is 30.7. The van der Waals surface area contributed by atoms with Gasteiger partial charge >= 0.3 is 0 Å². The Balaban J connectivity index is 1.62.